The van der Waals surface area contributed by atoms with Crippen LogP contribution in [0.4, 0.5) is 5.88 Å². The van der Waals surface area contributed by atoms with Crippen LogP contribution in [0.2, 0.25) is 0 Å². The Labute approximate surface area is 122 Å². The van der Waals surface area contributed by atoms with Crippen LogP contribution in [0.15, 0.2) is 33.7 Å². The number of sulfonamides is 1. The van der Waals surface area contributed by atoms with Crippen molar-refractivity contribution in [1.82, 2.24) is 5.16 Å². The zero-order chi connectivity index (χ0) is 15.5. The molecule has 0 spiro atoms. The number of benzene rings is 1. The molecule has 2 aromatic rings. The molecule has 0 fully saturated rings. The van der Waals surface area contributed by atoms with Crippen molar-refractivity contribution < 1.29 is 18.0 Å². The molecule has 110 valence electrons. The van der Waals surface area contributed by atoms with Gasteiger partial charge in [-0.25, -0.2) is 13.1 Å². The van der Waals surface area contributed by atoms with Crippen molar-refractivity contribution in [2.75, 3.05) is 11.3 Å². The van der Waals surface area contributed by atoms with Crippen molar-refractivity contribution >= 4 is 15.9 Å². The van der Waals surface area contributed by atoms with E-state index >= 15 is 0 Å². The summed E-state index contributed by atoms with van der Waals surface area (Å²) in [5, 5.41) is 12.3. The fourth-order valence-electron chi connectivity index (χ4n) is 1.68. The molecule has 1 aromatic carbocycles. The Morgan fingerprint density at radius 1 is 1.33 bits per heavy atom. The number of aliphatic hydroxyl groups is 1. The zero-order valence-electron chi connectivity index (χ0n) is 11.5. The minimum Gasteiger partial charge on any atom is -0.384 e. The molecule has 0 amide bonds. The monoisotopic (exact) mass is 306 g/mol. The molecule has 0 bridgehead atoms. The van der Waals surface area contributed by atoms with Crippen LogP contribution in [0.5, 0.6) is 0 Å². The van der Waals surface area contributed by atoms with Gasteiger partial charge < -0.3 is 9.63 Å². The lowest BCUT2D eigenvalue weighted by molar-refractivity contribution is 0.350. The van der Waals surface area contributed by atoms with Crippen molar-refractivity contribution in [3.8, 4) is 11.8 Å². The Morgan fingerprint density at radius 3 is 2.67 bits per heavy atom. The lowest BCUT2D eigenvalue weighted by Gasteiger charge is -2.06. The summed E-state index contributed by atoms with van der Waals surface area (Å²) in [6.45, 7) is 3.20. The zero-order valence-corrected chi connectivity index (χ0v) is 12.4. The second-order valence-electron chi connectivity index (χ2n) is 4.37. The summed E-state index contributed by atoms with van der Waals surface area (Å²) in [5.41, 5.74) is 1.95. The number of hydrogen-bond donors (Lipinski definition) is 2. The maximum absolute atomic E-state index is 12.2. The number of nitrogens with zero attached hydrogens (tertiary/aromatic N) is 1. The molecule has 2 N–H and O–H groups in total. The maximum Gasteiger partial charge on any atom is 0.264 e. The molecule has 0 aliphatic heterocycles. The van der Waals surface area contributed by atoms with Crippen molar-refractivity contribution in [3.63, 3.8) is 0 Å². The van der Waals surface area contributed by atoms with E-state index in [4.69, 9.17) is 9.63 Å². The Hall–Kier alpha value is -2.30. The van der Waals surface area contributed by atoms with Gasteiger partial charge in [0.1, 0.15) is 6.61 Å². The first-order valence-electron chi connectivity index (χ1n) is 6.09. The van der Waals surface area contributed by atoms with E-state index in [-0.39, 0.29) is 17.4 Å². The van der Waals surface area contributed by atoms with Gasteiger partial charge in [-0.2, -0.15) is 0 Å². The molecule has 1 aromatic heterocycles. The average Bonchev–Trinajstić information content (AvgIpc) is 2.82. The van der Waals surface area contributed by atoms with E-state index in [0.29, 0.717) is 16.8 Å². The Balaban J connectivity index is 2.30. The second kappa shape index (κ2) is 5.99. The molecule has 2 rings (SSSR count). The molecular weight excluding hydrogens is 292 g/mol. The highest BCUT2D eigenvalue weighted by atomic mass is 32.2. The Morgan fingerprint density at radius 2 is 2.10 bits per heavy atom. The van der Waals surface area contributed by atoms with Crippen LogP contribution in [0.25, 0.3) is 0 Å². The minimum absolute atomic E-state index is 0.0642. The van der Waals surface area contributed by atoms with Gasteiger partial charge in [0.05, 0.1) is 10.6 Å². The van der Waals surface area contributed by atoms with Gasteiger partial charge in [0.2, 0.25) is 5.88 Å². The summed E-state index contributed by atoms with van der Waals surface area (Å²) in [4.78, 5) is 0.101. The predicted molar refractivity (Wildman–Crippen MR) is 77.2 cm³/mol. The lowest BCUT2D eigenvalue weighted by Crippen LogP contribution is -2.12. The molecule has 21 heavy (non-hydrogen) atoms. The molecule has 1 heterocycles. The van der Waals surface area contributed by atoms with E-state index in [0.717, 1.165) is 0 Å². The number of aryl methyl sites for hydroxylation is 2. The summed E-state index contributed by atoms with van der Waals surface area (Å²) in [7, 11) is -3.74. The van der Waals surface area contributed by atoms with Gasteiger partial charge in [-0.05, 0) is 37.6 Å². The summed E-state index contributed by atoms with van der Waals surface area (Å²) in [6, 6.07) is 6.04. The third-order valence-electron chi connectivity index (χ3n) is 2.67. The first-order valence-corrected chi connectivity index (χ1v) is 7.57. The molecule has 6 nitrogen and oxygen atoms in total. The maximum atomic E-state index is 12.2. The number of anilines is 1. The number of aliphatic hydroxyl groups excluding tert-OH is 1. The lowest BCUT2D eigenvalue weighted by atomic mass is 10.1. The summed E-state index contributed by atoms with van der Waals surface area (Å²) >= 11 is 0. The molecule has 0 radical (unpaired) electrons. The van der Waals surface area contributed by atoms with Gasteiger partial charge in [-0.1, -0.05) is 17.0 Å². The molecule has 0 aliphatic carbocycles. The van der Waals surface area contributed by atoms with Crippen molar-refractivity contribution in [2.45, 2.75) is 18.7 Å². The largest absolute Gasteiger partial charge is 0.384 e. The fraction of sp³-hybridized carbons (Fsp3) is 0.214. The molecule has 0 unspecified atom stereocenters. The van der Waals surface area contributed by atoms with Crippen LogP contribution in [-0.4, -0.2) is 25.3 Å². The molecular formula is C14H14N2O4S. The summed E-state index contributed by atoms with van der Waals surface area (Å²) in [5.74, 6) is 5.34. The van der Waals surface area contributed by atoms with Gasteiger partial charge >= 0.3 is 0 Å². The molecule has 0 saturated carbocycles. The molecule has 0 atom stereocenters. The second-order valence-corrected chi connectivity index (χ2v) is 6.06. The number of nitrogens with one attached hydrogen (secondary N) is 1. The van der Waals surface area contributed by atoms with E-state index < -0.39 is 10.0 Å². The third kappa shape index (κ3) is 3.62. The van der Waals surface area contributed by atoms with Crippen LogP contribution < -0.4 is 4.72 Å². The Bertz CT molecular complexity index is 813. The third-order valence-corrected chi connectivity index (χ3v) is 4.02. The molecule has 7 heteroatoms. The molecule has 0 aliphatic rings. The highest BCUT2D eigenvalue weighted by Crippen LogP contribution is 2.19. The van der Waals surface area contributed by atoms with Crippen LogP contribution in [0.1, 0.15) is 16.8 Å². The molecule has 0 saturated heterocycles. The first kappa shape index (κ1) is 15.1. The predicted octanol–water partition coefficient (Wildman–Crippen LogP) is 1.44. The van der Waals surface area contributed by atoms with E-state index in [1.807, 2.05) is 0 Å². The highest BCUT2D eigenvalue weighted by molar-refractivity contribution is 7.92. The minimum atomic E-state index is -3.74. The van der Waals surface area contributed by atoms with Crippen molar-refractivity contribution in [2.24, 2.45) is 0 Å². The van der Waals surface area contributed by atoms with Gasteiger partial charge in [0.15, 0.2) is 0 Å². The van der Waals surface area contributed by atoms with E-state index in [9.17, 15) is 8.42 Å². The van der Waals surface area contributed by atoms with E-state index in [1.165, 1.54) is 18.2 Å². The van der Waals surface area contributed by atoms with Crippen LogP contribution in [0.3, 0.4) is 0 Å². The van der Waals surface area contributed by atoms with Crippen molar-refractivity contribution in [1.29, 1.82) is 0 Å². The highest BCUT2D eigenvalue weighted by Gasteiger charge is 2.17. The number of aromatic nitrogens is 1. The van der Waals surface area contributed by atoms with E-state index in [1.54, 1.807) is 19.9 Å². The van der Waals surface area contributed by atoms with Gasteiger partial charge in [0, 0.05) is 11.6 Å². The SMILES string of the molecule is Cc1cc(NS(=O)(=O)c2ccc(C#CCO)c(C)c2)on1. The fourth-order valence-corrected chi connectivity index (χ4v) is 2.74. The standard InChI is InChI=1S/C14H14N2O4S/c1-10-8-13(6-5-12(10)4-3-7-17)21(18,19)16-14-9-11(2)15-20-14/h5-6,8-9,16-17H,7H2,1-2H3. The quantitative estimate of drug-likeness (QED) is 0.837. The normalized spacial score (nSPS) is 10.8. The number of rotatable bonds is 3. The van der Waals surface area contributed by atoms with E-state index in [2.05, 4.69) is 21.7 Å². The van der Waals surface area contributed by atoms with Crippen LogP contribution in [-0.2, 0) is 10.0 Å². The van der Waals surface area contributed by atoms with Gasteiger partial charge in [0.25, 0.3) is 10.0 Å². The first-order chi connectivity index (χ1) is 9.92. The topological polar surface area (TPSA) is 92.4 Å². The average molecular weight is 306 g/mol. The van der Waals surface area contributed by atoms with Crippen LogP contribution in [0, 0.1) is 25.7 Å². The van der Waals surface area contributed by atoms with Crippen LogP contribution >= 0.6 is 0 Å². The smallest absolute Gasteiger partial charge is 0.264 e. The van der Waals surface area contributed by atoms with Gasteiger partial charge in [-0.3, -0.25) is 0 Å². The number of hydrogen-bond acceptors (Lipinski definition) is 5. The van der Waals surface area contributed by atoms with Crippen molar-refractivity contribution in [3.05, 3.63) is 41.1 Å². The summed E-state index contributed by atoms with van der Waals surface area (Å²) in [6.07, 6.45) is 0. The summed E-state index contributed by atoms with van der Waals surface area (Å²) < 4.78 is 31.6. The Kier molecular flexibility index (Phi) is 4.31. The van der Waals surface area contributed by atoms with Gasteiger partial charge in [-0.15, -0.1) is 0 Å².